The fraction of sp³-hybridized carbons (Fsp3) is 0.562. The summed E-state index contributed by atoms with van der Waals surface area (Å²) in [7, 11) is 3.57. The smallest absolute Gasteiger partial charge is 0.322 e. The van der Waals surface area contributed by atoms with E-state index in [1.807, 2.05) is 45.2 Å². The molecule has 21 heavy (non-hydrogen) atoms. The van der Waals surface area contributed by atoms with Gasteiger partial charge in [-0.05, 0) is 45.5 Å². The number of carbonyl (C=O) groups is 1. The summed E-state index contributed by atoms with van der Waals surface area (Å²) in [6, 6.07) is 8.13. The molecular weight excluding hydrogens is 266 g/mol. The molecule has 5 heteroatoms. The molecular formula is C16H27N3O2. The Balaban J connectivity index is 2.69. The van der Waals surface area contributed by atoms with E-state index in [1.54, 1.807) is 12.0 Å². The van der Waals surface area contributed by atoms with Crippen molar-refractivity contribution in [2.24, 2.45) is 0 Å². The second-order valence-corrected chi connectivity index (χ2v) is 5.15. The molecule has 0 radical (unpaired) electrons. The van der Waals surface area contributed by atoms with Crippen LogP contribution in [-0.4, -0.2) is 44.3 Å². The minimum Gasteiger partial charge on any atom is -0.383 e. The van der Waals surface area contributed by atoms with Crippen molar-refractivity contribution in [1.82, 2.24) is 10.2 Å². The maximum atomic E-state index is 12.3. The summed E-state index contributed by atoms with van der Waals surface area (Å²) in [5, 5.41) is 6.12. The van der Waals surface area contributed by atoms with Crippen LogP contribution in [0.2, 0.25) is 0 Å². The Hall–Kier alpha value is -1.59. The number of methoxy groups -OCH3 is 1. The molecule has 5 nitrogen and oxygen atoms in total. The first kappa shape index (κ1) is 17.5. The maximum absolute atomic E-state index is 12.3. The van der Waals surface area contributed by atoms with Crippen LogP contribution < -0.4 is 10.6 Å². The van der Waals surface area contributed by atoms with Gasteiger partial charge in [0.2, 0.25) is 0 Å². The first-order chi connectivity index (χ1) is 10.0. The second-order valence-electron chi connectivity index (χ2n) is 5.15. The summed E-state index contributed by atoms with van der Waals surface area (Å²) in [6.07, 6.45) is 0. The molecule has 0 spiro atoms. The van der Waals surface area contributed by atoms with Crippen LogP contribution in [0.15, 0.2) is 24.3 Å². The Bertz CT molecular complexity index is 434. The highest BCUT2D eigenvalue weighted by Crippen LogP contribution is 2.16. The molecule has 1 aromatic rings. The lowest BCUT2D eigenvalue weighted by Crippen LogP contribution is -2.43. The van der Waals surface area contributed by atoms with E-state index in [4.69, 9.17) is 4.74 Å². The Labute approximate surface area is 127 Å². The lowest BCUT2D eigenvalue weighted by atomic mass is 10.1. The monoisotopic (exact) mass is 293 g/mol. The number of anilines is 1. The average Bonchev–Trinajstić information content (AvgIpc) is 2.48. The van der Waals surface area contributed by atoms with Crippen molar-refractivity contribution < 1.29 is 9.53 Å². The molecule has 0 aliphatic carbocycles. The van der Waals surface area contributed by atoms with E-state index < -0.39 is 0 Å². The molecule has 0 aliphatic rings. The SMILES string of the molecule is CCN(C(=O)Nc1ccc(C(C)NC)cc1)C(C)COC. The highest BCUT2D eigenvalue weighted by Gasteiger charge is 2.18. The molecule has 2 N–H and O–H groups in total. The number of rotatable bonds is 7. The summed E-state index contributed by atoms with van der Waals surface area (Å²) >= 11 is 0. The van der Waals surface area contributed by atoms with E-state index in [0.29, 0.717) is 19.2 Å². The normalized spacial score (nSPS) is 13.6. The summed E-state index contributed by atoms with van der Waals surface area (Å²) in [6.45, 7) is 7.21. The molecule has 0 heterocycles. The van der Waals surface area contributed by atoms with Gasteiger partial charge in [-0.3, -0.25) is 0 Å². The summed E-state index contributed by atoms with van der Waals surface area (Å²) < 4.78 is 5.11. The van der Waals surface area contributed by atoms with Gasteiger partial charge in [0.15, 0.2) is 0 Å². The van der Waals surface area contributed by atoms with Crippen molar-refractivity contribution in [3.8, 4) is 0 Å². The zero-order valence-corrected chi connectivity index (χ0v) is 13.6. The van der Waals surface area contributed by atoms with E-state index in [-0.39, 0.29) is 12.1 Å². The predicted octanol–water partition coefficient (Wildman–Crippen LogP) is 2.86. The largest absolute Gasteiger partial charge is 0.383 e. The van der Waals surface area contributed by atoms with Crippen molar-refractivity contribution >= 4 is 11.7 Å². The Morgan fingerprint density at radius 3 is 2.38 bits per heavy atom. The zero-order chi connectivity index (χ0) is 15.8. The van der Waals surface area contributed by atoms with Crippen LogP contribution in [0.5, 0.6) is 0 Å². The van der Waals surface area contributed by atoms with Crippen LogP contribution >= 0.6 is 0 Å². The van der Waals surface area contributed by atoms with Crippen molar-refractivity contribution in [1.29, 1.82) is 0 Å². The third-order valence-corrected chi connectivity index (χ3v) is 3.64. The average molecular weight is 293 g/mol. The Kier molecular flexibility index (Phi) is 7.19. The number of nitrogens with one attached hydrogen (secondary N) is 2. The van der Waals surface area contributed by atoms with E-state index in [2.05, 4.69) is 17.6 Å². The summed E-state index contributed by atoms with van der Waals surface area (Å²) in [5.74, 6) is 0. The third kappa shape index (κ3) is 5.02. The third-order valence-electron chi connectivity index (χ3n) is 3.64. The second kappa shape index (κ2) is 8.64. The molecule has 2 unspecified atom stereocenters. The van der Waals surface area contributed by atoms with Crippen molar-refractivity contribution in [3.05, 3.63) is 29.8 Å². The highest BCUT2D eigenvalue weighted by atomic mass is 16.5. The lowest BCUT2D eigenvalue weighted by Gasteiger charge is -2.27. The van der Waals surface area contributed by atoms with Crippen molar-refractivity contribution in [2.45, 2.75) is 32.9 Å². The molecule has 2 amide bonds. The van der Waals surface area contributed by atoms with Crippen LogP contribution in [0.4, 0.5) is 10.5 Å². The van der Waals surface area contributed by atoms with Gasteiger partial charge in [0, 0.05) is 25.4 Å². The number of ether oxygens (including phenoxy) is 1. The van der Waals surface area contributed by atoms with Crippen molar-refractivity contribution in [2.75, 3.05) is 32.6 Å². The van der Waals surface area contributed by atoms with E-state index >= 15 is 0 Å². The number of urea groups is 1. The Morgan fingerprint density at radius 1 is 1.29 bits per heavy atom. The molecule has 118 valence electrons. The van der Waals surface area contributed by atoms with Gasteiger partial charge < -0.3 is 20.3 Å². The first-order valence-electron chi connectivity index (χ1n) is 7.37. The molecule has 1 aromatic carbocycles. The minimum atomic E-state index is -0.100. The van der Waals surface area contributed by atoms with Gasteiger partial charge in [-0.15, -0.1) is 0 Å². The van der Waals surface area contributed by atoms with Gasteiger partial charge in [-0.1, -0.05) is 12.1 Å². The lowest BCUT2D eigenvalue weighted by molar-refractivity contribution is 0.119. The van der Waals surface area contributed by atoms with Crippen LogP contribution in [0.1, 0.15) is 32.4 Å². The fourth-order valence-electron chi connectivity index (χ4n) is 2.20. The van der Waals surface area contributed by atoms with Gasteiger partial charge in [0.1, 0.15) is 0 Å². The standard InChI is InChI=1S/C16H27N3O2/c1-6-19(12(2)11-21-5)16(20)18-15-9-7-14(8-10-15)13(3)17-4/h7-10,12-13,17H,6,11H2,1-5H3,(H,18,20). The summed E-state index contributed by atoms with van der Waals surface area (Å²) in [4.78, 5) is 14.0. The fourth-order valence-corrected chi connectivity index (χ4v) is 2.20. The number of hydrogen-bond donors (Lipinski definition) is 2. The van der Waals surface area contributed by atoms with Crippen LogP contribution in [0.25, 0.3) is 0 Å². The van der Waals surface area contributed by atoms with E-state index in [0.717, 1.165) is 5.69 Å². The topological polar surface area (TPSA) is 53.6 Å². The van der Waals surface area contributed by atoms with Gasteiger partial charge in [0.05, 0.1) is 12.6 Å². The predicted molar refractivity (Wildman–Crippen MR) is 86.7 cm³/mol. The summed E-state index contributed by atoms with van der Waals surface area (Å²) in [5.41, 5.74) is 1.99. The van der Waals surface area contributed by atoms with Gasteiger partial charge in [-0.2, -0.15) is 0 Å². The minimum absolute atomic E-state index is 0.0450. The number of likely N-dealkylation sites (N-methyl/N-ethyl adjacent to an activating group) is 1. The van der Waals surface area contributed by atoms with Crippen LogP contribution in [0, 0.1) is 0 Å². The van der Waals surface area contributed by atoms with Crippen LogP contribution in [0.3, 0.4) is 0 Å². The number of nitrogens with zero attached hydrogens (tertiary/aromatic N) is 1. The molecule has 1 rings (SSSR count). The number of amides is 2. The number of benzene rings is 1. The molecule has 0 saturated heterocycles. The number of hydrogen-bond acceptors (Lipinski definition) is 3. The number of carbonyl (C=O) groups excluding carboxylic acids is 1. The maximum Gasteiger partial charge on any atom is 0.322 e. The van der Waals surface area contributed by atoms with Gasteiger partial charge >= 0.3 is 6.03 Å². The highest BCUT2D eigenvalue weighted by molar-refractivity contribution is 5.89. The van der Waals surface area contributed by atoms with Crippen LogP contribution in [-0.2, 0) is 4.74 Å². The quantitative estimate of drug-likeness (QED) is 0.813. The van der Waals surface area contributed by atoms with Gasteiger partial charge in [0.25, 0.3) is 0 Å². The zero-order valence-electron chi connectivity index (χ0n) is 13.6. The first-order valence-corrected chi connectivity index (χ1v) is 7.37. The molecule has 0 aliphatic heterocycles. The molecule has 2 atom stereocenters. The molecule has 0 aromatic heterocycles. The van der Waals surface area contributed by atoms with E-state index in [9.17, 15) is 4.79 Å². The van der Waals surface area contributed by atoms with Crippen molar-refractivity contribution in [3.63, 3.8) is 0 Å². The molecule has 0 fully saturated rings. The Morgan fingerprint density at radius 2 is 1.90 bits per heavy atom. The molecule has 0 saturated carbocycles. The molecule has 0 bridgehead atoms. The van der Waals surface area contributed by atoms with Gasteiger partial charge in [-0.25, -0.2) is 4.79 Å². The van der Waals surface area contributed by atoms with E-state index in [1.165, 1.54) is 5.56 Å².